The van der Waals surface area contributed by atoms with Crippen LogP contribution in [0.1, 0.15) is 61.9 Å². The van der Waals surface area contributed by atoms with Crippen LogP contribution >= 0.6 is 11.3 Å². The maximum absolute atomic E-state index is 13.7. The van der Waals surface area contributed by atoms with Crippen molar-refractivity contribution in [3.63, 3.8) is 0 Å². The number of aromatic nitrogens is 3. The first-order chi connectivity index (χ1) is 17.7. The molecule has 4 aromatic rings. The highest BCUT2D eigenvalue weighted by atomic mass is 32.1. The first-order valence-corrected chi connectivity index (χ1v) is 12.8. The number of amides is 1. The van der Waals surface area contributed by atoms with Crippen LogP contribution in [0.4, 0.5) is 5.00 Å². The van der Waals surface area contributed by atoms with Crippen LogP contribution in [0.3, 0.4) is 0 Å². The normalized spacial score (nSPS) is 10.9. The van der Waals surface area contributed by atoms with E-state index in [4.69, 9.17) is 14.5 Å². The number of hydrogen-bond donors (Lipinski definition) is 1. The first kappa shape index (κ1) is 26.0. The lowest BCUT2D eigenvalue weighted by atomic mass is 10.0. The van der Waals surface area contributed by atoms with Gasteiger partial charge in [0.25, 0.3) is 5.91 Å². The number of hydrogen-bond acceptors (Lipinski definition) is 8. The van der Waals surface area contributed by atoms with Gasteiger partial charge in [-0.25, -0.2) is 14.6 Å². The van der Waals surface area contributed by atoms with Crippen molar-refractivity contribution in [2.45, 2.75) is 34.1 Å². The van der Waals surface area contributed by atoms with Crippen LogP contribution in [0.2, 0.25) is 0 Å². The number of fused-ring (bicyclic) bond motifs is 1. The fraction of sp³-hybridized carbons (Fsp3) is 0.296. The summed E-state index contributed by atoms with van der Waals surface area (Å²) in [5.41, 5.74) is 3.77. The van der Waals surface area contributed by atoms with Crippen LogP contribution in [0.15, 0.2) is 36.5 Å². The number of nitrogens with zero attached hydrogens (tertiary/aromatic N) is 3. The minimum absolute atomic E-state index is 0.150. The highest BCUT2D eigenvalue weighted by Crippen LogP contribution is 2.35. The van der Waals surface area contributed by atoms with Crippen molar-refractivity contribution in [1.82, 2.24) is 14.8 Å². The van der Waals surface area contributed by atoms with E-state index in [0.29, 0.717) is 34.1 Å². The van der Waals surface area contributed by atoms with Gasteiger partial charge in [-0.1, -0.05) is 25.1 Å². The molecule has 9 nitrogen and oxygen atoms in total. The molecule has 0 unspecified atom stereocenters. The number of anilines is 1. The van der Waals surface area contributed by atoms with Gasteiger partial charge in [0, 0.05) is 24.2 Å². The second kappa shape index (κ2) is 10.9. The Morgan fingerprint density at radius 2 is 1.84 bits per heavy atom. The molecule has 0 spiro atoms. The van der Waals surface area contributed by atoms with Gasteiger partial charge in [0.05, 0.1) is 41.2 Å². The minimum atomic E-state index is -0.604. The molecule has 192 valence electrons. The monoisotopic (exact) mass is 520 g/mol. The molecule has 4 rings (SSSR count). The summed E-state index contributed by atoms with van der Waals surface area (Å²) in [7, 11) is 1.82. The number of pyridine rings is 1. The Balaban J connectivity index is 1.80. The topological polar surface area (TPSA) is 112 Å². The van der Waals surface area contributed by atoms with Crippen LogP contribution in [0.25, 0.3) is 22.2 Å². The Kier molecular flexibility index (Phi) is 7.68. The number of thiophene rings is 1. The van der Waals surface area contributed by atoms with Crippen molar-refractivity contribution in [3.05, 3.63) is 63.8 Å². The molecule has 0 saturated heterocycles. The second-order valence-corrected chi connectivity index (χ2v) is 9.47. The molecule has 0 aliphatic rings. The van der Waals surface area contributed by atoms with Gasteiger partial charge in [0.15, 0.2) is 0 Å². The molecule has 0 saturated carbocycles. The predicted molar refractivity (Wildman–Crippen MR) is 142 cm³/mol. The van der Waals surface area contributed by atoms with E-state index in [1.807, 2.05) is 51.4 Å². The van der Waals surface area contributed by atoms with E-state index in [1.54, 1.807) is 24.6 Å². The van der Waals surface area contributed by atoms with Gasteiger partial charge in [-0.2, -0.15) is 5.10 Å². The van der Waals surface area contributed by atoms with Gasteiger partial charge in [0.1, 0.15) is 9.88 Å². The number of ether oxygens (including phenoxy) is 2. The molecule has 0 aliphatic heterocycles. The molecule has 37 heavy (non-hydrogen) atoms. The zero-order chi connectivity index (χ0) is 26.7. The average Bonchev–Trinajstić information content (AvgIpc) is 3.39. The zero-order valence-corrected chi connectivity index (χ0v) is 22.2. The molecule has 10 heteroatoms. The lowest BCUT2D eigenvalue weighted by Gasteiger charge is -2.11. The zero-order valence-electron chi connectivity index (χ0n) is 21.4. The predicted octanol–water partition coefficient (Wildman–Crippen LogP) is 5.31. The summed E-state index contributed by atoms with van der Waals surface area (Å²) in [6.45, 7) is 7.52. The van der Waals surface area contributed by atoms with Gasteiger partial charge in [-0.15, -0.1) is 11.3 Å². The maximum Gasteiger partial charge on any atom is 0.348 e. The van der Waals surface area contributed by atoms with E-state index in [0.717, 1.165) is 22.6 Å². The van der Waals surface area contributed by atoms with Crippen LogP contribution in [-0.4, -0.2) is 45.8 Å². The number of para-hydroxylation sites is 1. The summed E-state index contributed by atoms with van der Waals surface area (Å²) in [6.07, 6.45) is 2.49. The maximum atomic E-state index is 13.7. The summed E-state index contributed by atoms with van der Waals surface area (Å²) in [5, 5.41) is 8.13. The van der Waals surface area contributed by atoms with E-state index < -0.39 is 17.8 Å². The molecule has 3 heterocycles. The Hall–Kier alpha value is -4.05. The van der Waals surface area contributed by atoms with E-state index in [9.17, 15) is 14.4 Å². The summed E-state index contributed by atoms with van der Waals surface area (Å²) in [5.74, 6) is -1.60. The van der Waals surface area contributed by atoms with Crippen molar-refractivity contribution in [1.29, 1.82) is 0 Å². The molecule has 0 atom stereocenters. The van der Waals surface area contributed by atoms with Gasteiger partial charge in [-0.3, -0.25) is 9.48 Å². The molecule has 3 aromatic heterocycles. The largest absolute Gasteiger partial charge is 0.462 e. The van der Waals surface area contributed by atoms with Crippen LogP contribution in [-0.2, 0) is 16.5 Å². The van der Waals surface area contributed by atoms with Crippen LogP contribution in [0, 0.1) is 13.8 Å². The Bertz CT molecular complexity index is 1500. The number of rotatable bonds is 8. The number of benzene rings is 1. The number of aryl methyl sites for hydroxylation is 2. The van der Waals surface area contributed by atoms with Gasteiger partial charge < -0.3 is 14.8 Å². The average molecular weight is 521 g/mol. The van der Waals surface area contributed by atoms with Crippen molar-refractivity contribution >= 4 is 45.1 Å². The van der Waals surface area contributed by atoms with Crippen molar-refractivity contribution < 1.29 is 23.9 Å². The molecular weight excluding hydrogens is 492 g/mol. The number of carbonyl (C=O) groups excluding carboxylic acids is 3. The molecular formula is C27H28N4O5S. The molecule has 0 fully saturated rings. The van der Waals surface area contributed by atoms with Gasteiger partial charge >= 0.3 is 11.9 Å². The summed E-state index contributed by atoms with van der Waals surface area (Å²) >= 11 is 0.994. The fourth-order valence-corrected chi connectivity index (χ4v) is 5.11. The smallest absolute Gasteiger partial charge is 0.348 e. The highest BCUT2D eigenvalue weighted by Gasteiger charge is 2.28. The molecule has 1 amide bonds. The van der Waals surface area contributed by atoms with Crippen LogP contribution in [0.5, 0.6) is 0 Å². The third-order valence-corrected chi connectivity index (χ3v) is 6.91. The van der Waals surface area contributed by atoms with E-state index in [2.05, 4.69) is 10.4 Å². The molecule has 0 radical (unpaired) electrons. The lowest BCUT2D eigenvalue weighted by Crippen LogP contribution is -2.16. The standard InChI is InChI=1S/C27H28N4O5S/c1-6-12-36-26(33)22-15(3)23(27(34)35-7-2)37-25(22)29-24(32)18-13-21(19-14-31(5)30-16(19)4)28-20-11-9-8-10-17(18)20/h8-11,13-14H,6-7,12H2,1-5H3,(H,29,32). The van der Waals surface area contributed by atoms with Crippen molar-refractivity contribution in [2.24, 2.45) is 7.05 Å². The van der Waals surface area contributed by atoms with Gasteiger partial charge in [-0.05, 0) is 44.9 Å². The highest BCUT2D eigenvalue weighted by molar-refractivity contribution is 7.18. The summed E-state index contributed by atoms with van der Waals surface area (Å²) in [6, 6.07) is 9.05. The fourth-order valence-electron chi connectivity index (χ4n) is 4.03. The first-order valence-electron chi connectivity index (χ1n) is 11.9. The number of esters is 2. The number of carbonyl (C=O) groups is 3. The van der Waals surface area contributed by atoms with Crippen LogP contribution < -0.4 is 5.32 Å². The molecule has 1 N–H and O–H groups in total. The molecule has 1 aromatic carbocycles. The Morgan fingerprint density at radius 1 is 1.08 bits per heavy atom. The van der Waals surface area contributed by atoms with E-state index in [-0.39, 0.29) is 28.7 Å². The van der Waals surface area contributed by atoms with Gasteiger partial charge in [0.2, 0.25) is 0 Å². The van der Waals surface area contributed by atoms with Crippen molar-refractivity contribution in [2.75, 3.05) is 18.5 Å². The van der Waals surface area contributed by atoms with E-state index in [1.165, 1.54) is 0 Å². The minimum Gasteiger partial charge on any atom is -0.462 e. The SMILES string of the molecule is CCCOC(=O)c1c(NC(=O)c2cc(-c3cn(C)nc3C)nc3ccccc23)sc(C(=O)OCC)c1C. The van der Waals surface area contributed by atoms with Crippen molar-refractivity contribution in [3.8, 4) is 11.3 Å². The second-order valence-electron chi connectivity index (χ2n) is 8.44. The molecule has 0 aliphatic carbocycles. The Labute approximate surface area is 218 Å². The van der Waals surface area contributed by atoms with E-state index >= 15 is 0 Å². The third kappa shape index (κ3) is 5.24. The third-order valence-electron chi connectivity index (χ3n) is 5.73. The molecule has 0 bridgehead atoms. The summed E-state index contributed by atoms with van der Waals surface area (Å²) in [4.78, 5) is 44.1. The quantitative estimate of drug-likeness (QED) is 0.313. The summed E-state index contributed by atoms with van der Waals surface area (Å²) < 4.78 is 12.2. The number of nitrogens with one attached hydrogen (secondary N) is 1. The lowest BCUT2D eigenvalue weighted by molar-refractivity contribution is 0.0506. The Morgan fingerprint density at radius 3 is 2.51 bits per heavy atom.